The number of thiazole rings is 1. The minimum absolute atomic E-state index is 0. The van der Waals surface area contributed by atoms with Gasteiger partial charge in [0.1, 0.15) is 0 Å². The number of aliphatic imine (C=N–C) groups is 1. The van der Waals surface area contributed by atoms with Gasteiger partial charge in [-0.3, -0.25) is 4.99 Å². The van der Waals surface area contributed by atoms with Crippen molar-refractivity contribution >= 4 is 41.3 Å². The summed E-state index contributed by atoms with van der Waals surface area (Å²) in [5.41, 5.74) is 1.08. The molecule has 2 rings (SSSR count). The number of nitrogens with one attached hydrogen (secondary N) is 2. The second-order valence-electron chi connectivity index (χ2n) is 5.53. The van der Waals surface area contributed by atoms with Gasteiger partial charge in [-0.2, -0.15) is 0 Å². The molecule has 0 atom stereocenters. The van der Waals surface area contributed by atoms with E-state index in [-0.39, 0.29) is 24.0 Å². The number of hydrogen-bond acceptors (Lipinski definition) is 5. The molecule has 0 fully saturated rings. The summed E-state index contributed by atoms with van der Waals surface area (Å²) >= 11 is 1.78. The number of rotatable bonds is 9. The molecule has 144 valence electrons. The Labute approximate surface area is 176 Å². The average Bonchev–Trinajstić information content (AvgIpc) is 3.11. The molecule has 2 aromatic rings. The van der Waals surface area contributed by atoms with Crippen molar-refractivity contribution in [2.75, 3.05) is 20.2 Å². The highest BCUT2D eigenvalue weighted by Gasteiger charge is 2.03. The molecule has 2 N–H and O–H groups in total. The summed E-state index contributed by atoms with van der Waals surface area (Å²) in [6.07, 6.45) is 6.72. The Balaban J connectivity index is 0.00000338. The Bertz CT molecular complexity index is 660. The van der Waals surface area contributed by atoms with E-state index in [2.05, 4.69) is 39.4 Å². The molecule has 0 aliphatic rings. The third kappa shape index (κ3) is 7.86. The van der Waals surface area contributed by atoms with Gasteiger partial charge < -0.3 is 15.4 Å². The van der Waals surface area contributed by atoms with Crippen LogP contribution >= 0.6 is 35.3 Å². The molecule has 0 saturated heterocycles. The molecule has 26 heavy (non-hydrogen) atoms. The number of ether oxygens (including phenoxy) is 1. The first kappa shape index (κ1) is 22.6. The largest absolute Gasteiger partial charge is 0.478 e. The maximum absolute atomic E-state index is 5.49. The molecule has 0 aromatic carbocycles. The molecule has 0 aliphatic carbocycles. The van der Waals surface area contributed by atoms with Crippen LogP contribution in [0.5, 0.6) is 5.88 Å². The van der Waals surface area contributed by atoms with Gasteiger partial charge in [0.15, 0.2) is 5.96 Å². The average molecular weight is 489 g/mol. The van der Waals surface area contributed by atoms with Gasteiger partial charge in [-0.05, 0) is 18.4 Å². The third-order valence-corrected chi connectivity index (χ3v) is 4.72. The first-order valence-electron chi connectivity index (χ1n) is 8.71. The number of pyridine rings is 1. The monoisotopic (exact) mass is 489 g/mol. The number of aromatic nitrogens is 2. The van der Waals surface area contributed by atoms with Crippen molar-refractivity contribution < 1.29 is 4.74 Å². The van der Waals surface area contributed by atoms with Crippen molar-refractivity contribution in [3.63, 3.8) is 0 Å². The van der Waals surface area contributed by atoms with Gasteiger partial charge in [0, 0.05) is 49.9 Å². The minimum Gasteiger partial charge on any atom is -0.478 e. The van der Waals surface area contributed by atoms with Crippen LogP contribution in [0.1, 0.15) is 35.7 Å². The van der Waals surface area contributed by atoms with Crippen LogP contribution in [0, 0.1) is 0 Å². The summed E-state index contributed by atoms with van der Waals surface area (Å²) in [7, 11) is 1.77. The van der Waals surface area contributed by atoms with E-state index in [9.17, 15) is 0 Å². The fourth-order valence-corrected chi connectivity index (χ4v) is 2.99. The zero-order valence-corrected chi connectivity index (χ0v) is 18.8. The predicted octanol–water partition coefficient (Wildman–Crippen LogP) is 3.42. The topological polar surface area (TPSA) is 71.4 Å². The Hall–Kier alpha value is -1.42. The Morgan fingerprint density at radius 2 is 2.04 bits per heavy atom. The first-order chi connectivity index (χ1) is 12.2. The lowest BCUT2D eigenvalue weighted by Gasteiger charge is -2.11. The molecule has 8 heteroatoms. The normalized spacial score (nSPS) is 11.0. The Kier molecular flexibility index (Phi) is 11.2. The second kappa shape index (κ2) is 12.9. The molecular weight excluding hydrogens is 461 g/mol. The molecule has 0 aliphatic heterocycles. The van der Waals surface area contributed by atoms with Gasteiger partial charge in [-0.25, -0.2) is 9.97 Å². The van der Waals surface area contributed by atoms with Crippen LogP contribution in [0.25, 0.3) is 0 Å². The molecule has 6 nitrogen and oxygen atoms in total. The highest BCUT2D eigenvalue weighted by atomic mass is 127. The van der Waals surface area contributed by atoms with Crippen LogP contribution < -0.4 is 15.4 Å². The summed E-state index contributed by atoms with van der Waals surface area (Å²) in [6, 6.07) is 3.91. The zero-order valence-electron chi connectivity index (χ0n) is 15.6. The highest BCUT2D eigenvalue weighted by molar-refractivity contribution is 14.0. The van der Waals surface area contributed by atoms with Crippen LogP contribution in [0.3, 0.4) is 0 Å². The van der Waals surface area contributed by atoms with E-state index in [1.165, 1.54) is 4.88 Å². The van der Waals surface area contributed by atoms with Crippen molar-refractivity contribution in [3.8, 4) is 5.88 Å². The van der Waals surface area contributed by atoms with Gasteiger partial charge in [-0.15, -0.1) is 35.3 Å². The number of hydrogen-bond donors (Lipinski definition) is 2. The number of nitrogens with zero attached hydrogens (tertiary/aromatic N) is 3. The summed E-state index contributed by atoms with van der Waals surface area (Å²) < 4.78 is 5.49. The SMILES string of the molecule is CCCOc1ccc(CNC(=NC)NCCc2ncc(CC)s2)cn1.I. The maximum Gasteiger partial charge on any atom is 0.213 e. The Morgan fingerprint density at radius 3 is 2.65 bits per heavy atom. The molecule has 0 amide bonds. The lowest BCUT2D eigenvalue weighted by Crippen LogP contribution is -2.37. The van der Waals surface area contributed by atoms with E-state index in [0.717, 1.165) is 42.3 Å². The first-order valence-corrected chi connectivity index (χ1v) is 9.52. The number of aryl methyl sites for hydroxylation is 1. The molecule has 0 spiro atoms. The van der Waals surface area contributed by atoms with Crippen molar-refractivity contribution in [3.05, 3.63) is 40.0 Å². The van der Waals surface area contributed by atoms with E-state index in [1.807, 2.05) is 24.5 Å². The van der Waals surface area contributed by atoms with E-state index >= 15 is 0 Å². The van der Waals surface area contributed by atoms with Crippen LogP contribution in [0.15, 0.2) is 29.5 Å². The molecule has 0 radical (unpaired) electrons. The van der Waals surface area contributed by atoms with Crippen LogP contribution in [-0.4, -0.2) is 36.1 Å². The van der Waals surface area contributed by atoms with Gasteiger partial charge in [0.2, 0.25) is 5.88 Å². The van der Waals surface area contributed by atoms with Crippen molar-refractivity contribution in [2.45, 2.75) is 39.7 Å². The van der Waals surface area contributed by atoms with Crippen LogP contribution in [-0.2, 0) is 19.4 Å². The van der Waals surface area contributed by atoms with E-state index in [4.69, 9.17) is 4.74 Å². The van der Waals surface area contributed by atoms with Crippen molar-refractivity contribution in [1.29, 1.82) is 0 Å². The molecule has 2 heterocycles. The summed E-state index contributed by atoms with van der Waals surface area (Å²) in [4.78, 5) is 14.3. The summed E-state index contributed by atoms with van der Waals surface area (Å²) in [6.45, 7) is 6.39. The smallest absolute Gasteiger partial charge is 0.213 e. The van der Waals surface area contributed by atoms with Gasteiger partial charge in [0.05, 0.1) is 11.6 Å². The molecule has 0 saturated carbocycles. The zero-order chi connectivity index (χ0) is 17.9. The van der Waals surface area contributed by atoms with Crippen molar-refractivity contribution in [1.82, 2.24) is 20.6 Å². The standard InChI is InChI=1S/C18H27N5OS.HI/c1-4-10-24-16-7-6-14(11-21-16)12-23-18(19-3)20-9-8-17-22-13-15(5-2)25-17;/h6-7,11,13H,4-5,8-10,12H2,1-3H3,(H2,19,20,23);1H. The van der Waals surface area contributed by atoms with E-state index < -0.39 is 0 Å². The fraction of sp³-hybridized carbons (Fsp3) is 0.500. The Morgan fingerprint density at radius 1 is 1.19 bits per heavy atom. The maximum atomic E-state index is 5.49. The van der Waals surface area contributed by atoms with E-state index in [0.29, 0.717) is 19.0 Å². The van der Waals surface area contributed by atoms with Gasteiger partial charge >= 0.3 is 0 Å². The number of guanidine groups is 1. The fourth-order valence-electron chi connectivity index (χ4n) is 2.13. The van der Waals surface area contributed by atoms with E-state index in [1.54, 1.807) is 18.4 Å². The summed E-state index contributed by atoms with van der Waals surface area (Å²) in [5.74, 6) is 1.45. The second-order valence-corrected chi connectivity index (χ2v) is 6.73. The minimum atomic E-state index is 0. The number of halogens is 1. The lowest BCUT2D eigenvalue weighted by molar-refractivity contribution is 0.305. The third-order valence-electron chi connectivity index (χ3n) is 3.52. The lowest BCUT2D eigenvalue weighted by atomic mass is 10.3. The predicted molar refractivity (Wildman–Crippen MR) is 119 cm³/mol. The summed E-state index contributed by atoms with van der Waals surface area (Å²) in [5, 5.41) is 7.77. The highest BCUT2D eigenvalue weighted by Crippen LogP contribution is 2.13. The quantitative estimate of drug-likeness (QED) is 0.321. The van der Waals surface area contributed by atoms with Crippen LogP contribution in [0.4, 0.5) is 0 Å². The van der Waals surface area contributed by atoms with Gasteiger partial charge in [0.25, 0.3) is 0 Å². The molecular formula is C18H28IN5OS. The molecule has 0 unspecified atom stereocenters. The van der Waals surface area contributed by atoms with Crippen LogP contribution in [0.2, 0.25) is 0 Å². The van der Waals surface area contributed by atoms with Crippen molar-refractivity contribution in [2.24, 2.45) is 4.99 Å². The molecule has 0 bridgehead atoms. The van der Waals surface area contributed by atoms with Gasteiger partial charge in [-0.1, -0.05) is 19.9 Å². The molecule has 2 aromatic heterocycles.